The third-order valence-electron chi connectivity index (χ3n) is 13.1. The highest BCUT2D eigenvalue weighted by molar-refractivity contribution is 6.25. The summed E-state index contributed by atoms with van der Waals surface area (Å²) in [6.07, 6.45) is 44.0. The van der Waals surface area contributed by atoms with E-state index < -0.39 is 30.0 Å². The SMILES string of the molecule is CCCCCCCCCCCCCCCCC(C(=O)CCCCCCCCCCCCCCC)(C(=O)CCCCCCCCCCCCCCC)C(=O)C(O)C(O)CO. The van der Waals surface area contributed by atoms with E-state index in [2.05, 4.69) is 20.8 Å². The van der Waals surface area contributed by atoms with Gasteiger partial charge in [-0.3, -0.25) is 14.4 Å². The first-order valence-corrected chi connectivity index (χ1v) is 26.4. The van der Waals surface area contributed by atoms with E-state index in [-0.39, 0.29) is 30.8 Å². The highest BCUT2D eigenvalue weighted by Gasteiger charge is 2.53. The standard InChI is InChI=1S/C53H102O6/c1-4-7-10-13-16-19-22-25-28-31-34-37-40-43-46-53(52(59)51(58)48(55)47-54,49(56)44-41-38-35-32-29-26-23-20-17-14-11-8-5-2)50(57)45-42-39-36-33-30-27-24-21-18-15-12-9-6-3/h48,51,54-55,58H,4-47H2,1-3H3. The first-order chi connectivity index (χ1) is 28.8. The number of unbranched alkanes of at least 4 members (excludes halogenated alkanes) is 37. The molecular weight excluding hydrogens is 733 g/mol. The molecule has 59 heavy (non-hydrogen) atoms. The Kier molecular flexibility index (Phi) is 42.7. The second-order valence-electron chi connectivity index (χ2n) is 18.6. The highest BCUT2D eigenvalue weighted by Crippen LogP contribution is 2.36. The molecule has 350 valence electrons. The molecule has 0 bridgehead atoms. The van der Waals surface area contributed by atoms with E-state index in [1.807, 2.05) is 0 Å². The van der Waals surface area contributed by atoms with Crippen molar-refractivity contribution < 1.29 is 29.7 Å². The van der Waals surface area contributed by atoms with E-state index in [0.717, 1.165) is 57.8 Å². The smallest absolute Gasteiger partial charge is 0.184 e. The van der Waals surface area contributed by atoms with Crippen LogP contribution in [-0.4, -0.2) is 51.5 Å². The van der Waals surface area contributed by atoms with E-state index in [4.69, 9.17) is 0 Å². The topological polar surface area (TPSA) is 112 Å². The van der Waals surface area contributed by atoms with Gasteiger partial charge in [-0.2, -0.15) is 0 Å². The van der Waals surface area contributed by atoms with Crippen LogP contribution >= 0.6 is 0 Å². The minimum atomic E-state index is -1.96. The zero-order valence-electron chi connectivity index (χ0n) is 39.8. The molecule has 6 nitrogen and oxygen atoms in total. The molecule has 0 aromatic rings. The molecule has 0 aliphatic rings. The quantitative estimate of drug-likeness (QED) is 0.0416. The minimum absolute atomic E-state index is 0.0909. The highest BCUT2D eigenvalue weighted by atomic mass is 16.4. The number of hydrogen-bond donors (Lipinski definition) is 3. The molecule has 0 radical (unpaired) electrons. The lowest BCUT2D eigenvalue weighted by molar-refractivity contribution is -0.158. The van der Waals surface area contributed by atoms with Crippen LogP contribution < -0.4 is 0 Å². The van der Waals surface area contributed by atoms with Crippen LogP contribution in [-0.2, 0) is 14.4 Å². The maximum absolute atomic E-state index is 14.3. The van der Waals surface area contributed by atoms with Gasteiger partial charge in [0, 0.05) is 12.8 Å². The second-order valence-corrected chi connectivity index (χ2v) is 18.6. The molecule has 0 saturated heterocycles. The third-order valence-corrected chi connectivity index (χ3v) is 13.1. The number of aliphatic hydroxyl groups excluding tert-OH is 3. The van der Waals surface area contributed by atoms with Gasteiger partial charge in [-0.15, -0.1) is 0 Å². The van der Waals surface area contributed by atoms with E-state index in [9.17, 15) is 29.7 Å². The predicted molar refractivity (Wildman–Crippen MR) is 252 cm³/mol. The van der Waals surface area contributed by atoms with Gasteiger partial charge in [-0.05, 0) is 19.3 Å². The summed E-state index contributed by atoms with van der Waals surface area (Å²) in [5.74, 6) is -1.67. The van der Waals surface area contributed by atoms with Gasteiger partial charge in [-0.25, -0.2) is 0 Å². The van der Waals surface area contributed by atoms with Crippen molar-refractivity contribution in [1.29, 1.82) is 0 Å². The third kappa shape index (κ3) is 31.4. The summed E-state index contributed by atoms with van der Waals surface area (Å²) in [6, 6.07) is 0. The largest absolute Gasteiger partial charge is 0.394 e. The van der Waals surface area contributed by atoms with Gasteiger partial charge < -0.3 is 15.3 Å². The molecule has 0 amide bonds. The van der Waals surface area contributed by atoms with E-state index in [1.165, 1.54) is 180 Å². The Bertz CT molecular complexity index is 891. The molecule has 0 fully saturated rings. The Hall–Kier alpha value is -1.11. The maximum atomic E-state index is 14.3. The fourth-order valence-electron chi connectivity index (χ4n) is 8.98. The van der Waals surface area contributed by atoms with Crippen molar-refractivity contribution in [3.05, 3.63) is 0 Å². The fourth-order valence-corrected chi connectivity index (χ4v) is 8.98. The van der Waals surface area contributed by atoms with Crippen LogP contribution in [0.3, 0.4) is 0 Å². The Morgan fingerprint density at radius 1 is 0.356 bits per heavy atom. The van der Waals surface area contributed by atoms with E-state index in [1.54, 1.807) is 0 Å². The van der Waals surface area contributed by atoms with Gasteiger partial charge in [0.05, 0.1) is 6.61 Å². The van der Waals surface area contributed by atoms with Crippen LogP contribution in [0.25, 0.3) is 0 Å². The van der Waals surface area contributed by atoms with Crippen molar-refractivity contribution in [1.82, 2.24) is 0 Å². The second kappa shape index (κ2) is 43.5. The number of rotatable bonds is 49. The van der Waals surface area contributed by atoms with Crippen molar-refractivity contribution in [2.45, 2.75) is 309 Å². The number of carbonyl (C=O) groups is 3. The predicted octanol–water partition coefficient (Wildman–Crippen LogP) is 15.2. The molecule has 6 heteroatoms. The van der Waals surface area contributed by atoms with Crippen molar-refractivity contribution in [2.75, 3.05) is 6.61 Å². The monoisotopic (exact) mass is 835 g/mol. The summed E-state index contributed by atoms with van der Waals surface area (Å²) in [5, 5.41) is 31.0. The summed E-state index contributed by atoms with van der Waals surface area (Å²) in [6.45, 7) is 5.96. The zero-order chi connectivity index (χ0) is 43.5. The Balaban J connectivity index is 5.22. The van der Waals surface area contributed by atoms with Crippen LogP contribution in [0.1, 0.15) is 297 Å². The number of ketones is 3. The zero-order valence-corrected chi connectivity index (χ0v) is 39.8. The van der Waals surface area contributed by atoms with Gasteiger partial charge in [-0.1, -0.05) is 265 Å². The molecule has 0 aromatic heterocycles. The number of aliphatic hydroxyl groups is 3. The summed E-state index contributed by atoms with van der Waals surface area (Å²) in [4.78, 5) is 42.7. The maximum Gasteiger partial charge on any atom is 0.184 e. The molecule has 0 heterocycles. The van der Waals surface area contributed by atoms with E-state index in [0.29, 0.717) is 19.3 Å². The normalized spacial score (nSPS) is 12.9. The molecule has 0 spiro atoms. The lowest BCUT2D eigenvalue weighted by Crippen LogP contribution is -2.54. The van der Waals surface area contributed by atoms with Gasteiger partial charge in [0.2, 0.25) is 0 Å². The Morgan fingerprint density at radius 3 is 0.814 bits per heavy atom. The molecule has 3 N–H and O–H groups in total. The fraction of sp³-hybridized carbons (Fsp3) is 0.943. The van der Waals surface area contributed by atoms with Crippen molar-refractivity contribution in [3.63, 3.8) is 0 Å². The van der Waals surface area contributed by atoms with Gasteiger partial charge in [0.25, 0.3) is 0 Å². The first-order valence-electron chi connectivity index (χ1n) is 26.4. The van der Waals surface area contributed by atoms with Crippen LogP contribution in [0.4, 0.5) is 0 Å². The van der Waals surface area contributed by atoms with E-state index >= 15 is 0 Å². The summed E-state index contributed by atoms with van der Waals surface area (Å²) in [7, 11) is 0. The van der Waals surface area contributed by atoms with Crippen molar-refractivity contribution in [3.8, 4) is 0 Å². The number of carbonyl (C=O) groups excluding carboxylic acids is 3. The molecule has 2 unspecified atom stereocenters. The van der Waals surface area contributed by atoms with Crippen molar-refractivity contribution >= 4 is 17.3 Å². The number of hydrogen-bond acceptors (Lipinski definition) is 6. The van der Waals surface area contributed by atoms with Gasteiger partial charge >= 0.3 is 0 Å². The molecular formula is C53H102O6. The van der Waals surface area contributed by atoms with Gasteiger partial charge in [0.15, 0.2) is 17.3 Å². The van der Waals surface area contributed by atoms with Crippen LogP contribution in [0.2, 0.25) is 0 Å². The lowest BCUT2D eigenvalue weighted by atomic mass is 9.67. The molecule has 0 aliphatic heterocycles. The molecule has 0 saturated carbocycles. The average Bonchev–Trinajstić information content (AvgIpc) is 3.24. The van der Waals surface area contributed by atoms with Crippen LogP contribution in [0.5, 0.6) is 0 Å². The minimum Gasteiger partial charge on any atom is -0.394 e. The molecule has 0 rings (SSSR count). The van der Waals surface area contributed by atoms with Crippen molar-refractivity contribution in [2.24, 2.45) is 5.41 Å². The average molecular weight is 835 g/mol. The summed E-state index contributed by atoms with van der Waals surface area (Å²) >= 11 is 0. The lowest BCUT2D eigenvalue weighted by Gasteiger charge is -2.33. The van der Waals surface area contributed by atoms with Crippen LogP contribution in [0.15, 0.2) is 0 Å². The Morgan fingerprint density at radius 2 is 0.576 bits per heavy atom. The molecule has 0 aromatic carbocycles. The first kappa shape index (κ1) is 57.9. The number of Topliss-reactive ketones (excluding diaryl/α,β-unsaturated/α-hetero) is 3. The molecule has 2 atom stereocenters. The molecule has 0 aliphatic carbocycles. The summed E-state index contributed by atoms with van der Waals surface area (Å²) in [5.41, 5.74) is -1.94. The Labute approximate surface area is 367 Å². The van der Waals surface area contributed by atoms with Crippen LogP contribution in [0, 0.1) is 5.41 Å². The summed E-state index contributed by atoms with van der Waals surface area (Å²) < 4.78 is 0. The van der Waals surface area contributed by atoms with Gasteiger partial charge in [0.1, 0.15) is 17.6 Å².